The van der Waals surface area contributed by atoms with Crippen LogP contribution in [0.2, 0.25) is 0 Å². The van der Waals surface area contributed by atoms with Crippen LogP contribution in [-0.2, 0) is 20.7 Å². The lowest BCUT2D eigenvalue weighted by Gasteiger charge is -2.20. The van der Waals surface area contributed by atoms with E-state index in [1.807, 2.05) is 30.3 Å². The van der Waals surface area contributed by atoms with Crippen LogP contribution in [0, 0.1) is 0 Å². The van der Waals surface area contributed by atoms with Crippen molar-refractivity contribution < 1.29 is 14.3 Å². The van der Waals surface area contributed by atoms with E-state index in [0.717, 1.165) is 12.0 Å². The maximum atomic E-state index is 11.9. The SMILES string of the molecule is CCOC(=O)C(CCc1ccccc1)N[C@@H](C)C(=O)Cl.Cl. The Balaban J connectivity index is 0.00000400. The van der Waals surface area contributed by atoms with Crippen LogP contribution in [0.15, 0.2) is 30.3 Å². The highest BCUT2D eigenvalue weighted by Gasteiger charge is 2.23. The Kier molecular flexibility index (Phi) is 10.0. The Morgan fingerprint density at radius 1 is 1.29 bits per heavy atom. The molecule has 0 amide bonds. The molecule has 0 heterocycles. The van der Waals surface area contributed by atoms with Crippen LogP contribution < -0.4 is 5.32 Å². The predicted molar refractivity (Wildman–Crippen MR) is 85.9 cm³/mol. The number of hydrogen-bond acceptors (Lipinski definition) is 4. The van der Waals surface area contributed by atoms with Crippen molar-refractivity contribution in [2.75, 3.05) is 6.61 Å². The Hall–Kier alpha value is -1.10. The number of esters is 1. The van der Waals surface area contributed by atoms with E-state index in [4.69, 9.17) is 16.3 Å². The minimum absolute atomic E-state index is 0. The van der Waals surface area contributed by atoms with Crippen molar-refractivity contribution >= 4 is 35.2 Å². The van der Waals surface area contributed by atoms with Gasteiger partial charge in [-0.25, -0.2) is 0 Å². The zero-order chi connectivity index (χ0) is 15.0. The molecule has 4 nitrogen and oxygen atoms in total. The van der Waals surface area contributed by atoms with Gasteiger partial charge in [-0.05, 0) is 43.9 Å². The van der Waals surface area contributed by atoms with E-state index in [1.165, 1.54) is 0 Å². The second-order valence-corrected chi connectivity index (χ2v) is 4.89. The quantitative estimate of drug-likeness (QED) is 0.587. The second kappa shape index (κ2) is 10.6. The molecule has 0 aliphatic carbocycles. The van der Waals surface area contributed by atoms with Gasteiger partial charge in [0.05, 0.1) is 12.6 Å². The van der Waals surface area contributed by atoms with Crippen LogP contribution >= 0.6 is 24.0 Å². The van der Waals surface area contributed by atoms with Gasteiger partial charge in [-0.1, -0.05) is 30.3 Å². The fraction of sp³-hybridized carbons (Fsp3) is 0.467. The third-order valence-corrected chi connectivity index (χ3v) is 3.25. The molecule has 0 radical (unpaired) electrons. The molecule has 0 bridgehead atoms. The highest BCUT2D eigenvalue weighted by Crippen LogP contribution is 2.08. The molecule has 21 heavy (non-hydrogen) atoms. The summed E-state index contributed by atoms with van der Waals surface area (Å²) in [5.41, 5.74) is 1.13. The zero-order valence-electron chi connectivity index (χ0n) is 12.2. The molecule has 1 N–H and O–H groups in total. The third kappa shape index (κ3) is 7.46. The highest BCUT2D eigenvalue weighted by molar-refractivity contribution is 6.64. The third-order valence-electron chi connectivity index (χ3n) is 2.93. The average molecular weight is 334 g/mol. The summed E-state index contributed by atoms with van der Waals surface area (Å²) in [5.74, 6) is -0.354. The molecule has 1 rings (SSSR count). The maximum absolute atomic E-state index is 11.9. The van der Waals surface area contributed by atoms with Crippen LogP contribution in [-0.4, -0.2) is 29.9 Å². The van der Waals surface area contributed by atoms with Crippen molar-refractivity contribution in [3.63, 3.8) is 0 Å². The first-order valence-corrected chi connectivity index (χ1v) is 7.08. The van der Waals surface area contributed by atoms with Crippen LogP contribution in [0.5, 0.6) is 0 Å². The van der Waals surface area contributed by atoms with Gasteiger partial charge in [0.1, 0.15) is 6.04 Å². The van der Waals surface area contributed by atoms with E-state index in [-0.39, 0.29) is 18.4 Å². The number of aryl methyl sites for hydroxylation is 1. The van der Waals surface area contributed by atoms with Gasteiger partial charge in [-0.3, -0.25) is 14.9 Å². The number of halogens is 2. The van der Waals surface area contributed by atoms with E-state index < -0.39 is 17.3 Å². The molecule has 0 fully saturated rings. The summed E-state index contributed by atoms with van der Waals surface area (Å²) in [6.07, 6.45) is 1.28. The van der Waals surface area contributed by atoms with E-state index in [0.29, 0.717) is 13.0 Å². The topological polar surface area (TPSA) is 55.4 Å². The Labute approximate surface area is 136 Å². The normalized spacial score (nSPS) is 12.9. The Morgan fingerprint density at radius 2 is 1.90 bits per heavy atom. The van der Waals surface area contributed by atoms with Crippen molar-refractivity contribution in [1.29, 1.82) is 0 Å². The molecule has 0 aliphatic rings. The van der Waals surface area contributed by atoms with Crippen molar-refractivity contribution in [3.8, 4) is 0 Å². The lowest BCUT2D eigenvalue weighted by atomic mass is 10.0. The van der Waals surface area contributed by atoms with Gasteiger partial charge in [0.25, 0.3) is 0 Å². The summed E-state index contributed by atoms with van der Waals surface area (Å²) < 4.78 is 5.02. The minimum Gasteiger partial charge on any atom is -0.465 e. The first-order valence-electron chi connectivity index (χ1n) is 6.70. The molecule has 0 spiro atoms. The molecule has 1 aromatic rings. The first-order chi connectivity index (χ1) is 9.54. The smallest absolute Gasteiger partial charge is 0.323 e. The molecular weight excluding hydrogens is 313 g/mol. The van der Waals surface area contributed by atoms with Gasteiger partial charge in [0.15, 0.2) is 0 Å². The highest BCUT2D eigenvalue weighted by atomic mass is 35.5. The Morgan fingerprint density at radius 3 is 2.43 bits per heavy atom. The lowest BCUT2D eigenvalue weighted by Crippen LogP contribution is -2.45. The monoisotopic (exact) mass is 333 g/mol. The van der Waals surface area contributed by atoms with E-state index >= 15 is 0 Å². The molecule has 118 valence electrons. The Bertz CT molecular complexity index is 440. The fourth-order valence-corrected chi connectivity index (χ4v) is 1.90. The predicted octanol–water partition coefficient (Wildman–Crippen LogP) is 2.72. The van der Waals surface area contributed by atoms with Crippen molar-refractivity contribution in [2.24, 2.45) is 0 Å². The number of carbonyl (C=O) groups is 2. The second-order valence-electron chi connectivity index (χ2n) is 4.52. The average Bonchev–Trinajstić information content (AvgIpc) is 2.44. The van der Waals surface area contributed by atoms with E-state index in [1.54, 1.807) is 13.8 Å². The number of ether oxygens (including phenoxy) is 1. The van der Waals surface area contributed by atoms with Crippen LogP contribution in [0.25, 0.3) is 0 Å². The largest absolute Gasteiger partial charge is 0.465 e. The van der Waals surface area contributed by atoms with E-state index in [2.05, 4.69) is 5.32 Å². The standard InChI is InChI=1S/C15H20ClNO3.ClH/c1-3-20-15(19)13(17-11(2)14(16)18)10-9-12-7-5-4-6-8-12;/h4-8,11,13,17H,3,9-10H2,1-2H3;1H/t11-,13?;/m0./s1. The summed E-state index contributed by atoms with van der Waals surface area (Å²) in [5, 5.41) is 2.40. The molecule has 0 aliphatic heterocycles. The summed E-state index contributed by atoms with van der Waals surface area (Å²) in [6.45, 7) is 3.69. The van der Waals surface area contributed by atoms with Gasteiger partial charge in [0, 0.05) is 0 Å². The first kappa shape index (κ1) is 19.9. The molecule has 2 atom stereocenters. The lowest BCUT2D eigenvalue weighted by molar-refractivity contribution is -0.146. The molecule has 1 unspecified atom stereocenters. The minimum atomic E-state index is -0.582. The summed E-state index contributed by atoms with van der Waals surface area (Å²) in [4.78, 5) is 23.0. The summed E-state index contributed by atoms with van der Waals surface area (Å²) in [6, 6.07) is 8.73. The number of carbonyl (C=O) groups excluding carboxylic acids is 2. The fourth-order valence-electron chi connectivity index (χ4n) is 1.84. The van der Waals surface area contributed by atoms with Crippen molar-refractivity contribution in [1.82, 2.24) is 5.32 Å². The van der Waals surface area contributed by atoms with Crippen molar-refractivity contribution in [2.45, 2.75) is 38.8 Å². The number of hydrogen-bond donors (Lipinski definition) is 1. The van der Waals surface area contributed by atoms with Crippen LogP contribution in [0.4, 0.5) is 0 Å². The maximum Gasteiger partial charge on any atom is 0.323 e. The number of nitrogens with one attached hydrogen (secondary N) is 1. The van der Waals surface area contributed by atoms with E-state index in [9.17, 15) is 9.59 Å². The molecular formula is C15H21Cl2NO3. The molecule has 1 aromatic carbocycles. The van der Waals surface area contributed by atoms with Gasteiger partial charge >= 0.3 is 5.97 Å². The van der Waals surface area contributed by atoms with Crippen molar-refractivity contribution in [3.05, 3.63) is 35.9 Å². The van der Waals surface area contributed by atoms with Gasteiger partial charge < -0.3 is 4.74 Å². The summed E-state index contributed by atoms with van der Waals surface area (Å²) in [7, 11) is 0. The molecule has 0 aromatic heterocycles. The zero-order valence-corrected chi connectivity index (χ0v) is 13.7. The van der Waals surface area contributed by atoms with Crippen LogP contribution in [0.3, 0.4) is 0 Å². The molecule has 6 heteroatoms. The molecule has 0 saturated heterocycles. The van der Waals surface area contributed by atoms with Gasteiger partial charge in [-0.2, -0.15) is 0 Å². The van der Waals surface area contributed by atoms with Crippen LogP contribution in [0.1, 0.15) is 25.8 Å². The number of benzene rings is 1. The van der Waals surface area contributed by atoms with Gasteiger partial charge in [-0.15, -0.1) is 12.4 Å². The number of rotatable bonds is 8. The summed E-state index contributed by atoms with van der Waals surface area (Å²) >= 11 is 5.42. The molecule has 0 saturated carbocycles. The van der Waals surface area contributed by atoms with Gasteiger partial charge in [0.2, 0.25) is 5.24 Å².